The minimum atomic E-state index is -3.61. The van der Waals surface area contributed by atoms with Gasteiger partial charge in [0.2, 0.25) is 15.9 Å². The Morgan fingerprint density at radius 1 is 1.13 bits per heavy atom. The van der Waals surface area contributed by atoms with Crippen LogP contribution in [0.1, 0.15) is 6.92 Å². The van der Waals surface area contributed by atoms with E-state index in [1.165, 1.54) is 31.9 Å². The molecule has 2 aromatic carbocycles. The standard InChI is InChI=1S/C21H27N5O3S2/c1-6-26-19-10-8-7-9-16(19)23-21(26)30-14-20(27)22-17-13-15(31(28,29)25(4)5)11-12-18(17)24(2)3/h7-13H,6,14H2,1-5H3,(H,22,27). The van der Waals surface area contributed by atoms with Crippen LogP contribution in [0.2, 0.25) is 0 Å². The molecule has 0 fully saturated rings. The molecule has 0 radical (unpaired) electrons. The monoisotopic (exact) mass is 461 g/mol. The van der Waals surface area contributed by atoms with Crippen LogP contribution in [0.15, 0.2) is 52.5 Å². The number of para-hydroxylation sites is 2. The van der Waals surface area contributed by atoms with Gasteiger partial charge in [-0.1, -0.05) is 23.9 Å². The number of amides is 1. The van der Waals surface area contributed by atoms with Crippen LogP contribution in [0.3, 0.4) is 0 Å². The molecule has 0 atom stereocenters. The number of sulfonamides is 1. The topological polar surface area (TPSA) is 87.5 Å². The summed E-state index contributed by atoms with van der Waals surface area (Å²) in [6.07, 6.45) is 0. The fourth-order valence-corrected chi connectivity index (χ4v) is 4.97. The number of aryl methyl sites for hydroxylation is 1. The van der Waals surface area contributed by atoms with Crippen molar-refractivity contribution in [1.29, 1.82) is 0 Å². The van der Waals surface area contributed by atoms with E-state index >= 15 is 0 Å². The van der Waals surface area contributed by atoms with Gasteiger partial charge < -0.3 is 14.8 Å². The van der Waals surface area contributed by atoms with Gasteiger partial charge in [-0.05, 0) is 37.3 Å². The third kappa shape index (κ3) is 4.86. The molecule has 10 heteroatoms. The molecular weight excluding hydrogens is 434 g/mol. The van der Waals surface area contributed by atoms with Crippen molar-refractivity contribution in [3.05, 3.63) is 42.5 Å². The van der Waals surface area contributed by atoms with E-state index in [9.17, 15) is 13.2 Å². The molecule has 0 unspecified atom stereocenters. The number of benzene rings is 2. The maximum absolute atomic E-state index is 12.7. The first-order valence-electron chi connectivity index (χ1n) is 9.77. The van der Waals surface area contributed by atoms with Gasteiger partial charge in [-0.2, -0.15) is 0 Å². The normalized spacial score (nSPS) is 11.8. The predicted molar refractivity (Wildman–Crippen MR) is 126 cm³/mol. The zero-order valence-corrected chi connectivity index (χ0v) is 19.9. The maximum Gasteiger partial charge on any atom is 0.242 e. The quantitative estimate of drug-likeness (QED) is 0.519. The van der Waals surface area contributed by atoms with E-state index in [-0.39, 0.29) is 16.6 Å². The smallest absolute Gasteiger partial charge is 0.242 e. The molecule has 1 heterocycles. The lowest BCUT2D eigenvalue weighted by molar-refractivity contribution is -0.113. The predicted octanol–water partition coefficient (Wildman–Crippen LogP) is 3.10. The first kappa shape index (κ1) is 23.1. The van der Waals surface area contributed by atoms with E-state index in [0.717, 1.165) is 32.7 Å². The van der Waals surface area contributed by atoms with Crippen molar-refractivity contribution < 1.29 is 13.2 Å². The van der Waals surface area contributed by atoms with Crippen LogP contribution in [0.5, 0.6) is 0 Å². The van der Waals surface area contributed by atoms with Crippen LogP contribution in [0.25, 0.3) is 11.0 Å². The zero-order chi connectivity index (χ0) is 22.8. The van der Waals surface area contributed by atoms with E-state index in [1.54, 1.807) is 12.1 Å². The van der Waals surface area contributed by atoms with Crippen LogP contribution in [0.4, 0.5) is 11.4 Å². The summed E-state index contributed by atoms with van der Waals surface area (Å²) in [7, 11) is 3.01. The van der Waals surface area contributed by atoms with Crippen LogP contribution >= 0.6 is 11.8 Å². The molecule has 0 bridgehead atoms. The number of carbonyl (C=O) groups is 1. The van der Waals surface area contributed by atoms with E-state index in [1.807, 2.05) is 50.2 Å². The number of aromatic nitrogens is 2. The average molecular weight is 462 g/mol. The number of nitrogens with one attached hydrogen (secondary N) is 1. The number of anilines is 2. The summed E-state index contributed by atoms with van der Waals surface area (Å²) in [5.74, 6) is -0.0804. The summed E-state index contributed by atoms with van der Waals surface area (Å²) < 4.78 is 28.2. The first-order valence-corrected chi connectivity index (χ1v) is 12.2. The molecule has 0 aliphatic carbocycles. The SMILES string of the molecule is CCn1c(SCC(=O)Nc2cc(S(=O)(=O)N(C)C)ccc2N(C)C)nc2ccccc21. The second kappa shape index (κ2) is 9.29. The Kier molecular flexibility index (Phi) is 6.93. The Morgan fingerprint density at radius 2 is 1.84 bits per heavy atom. The van der Waals surface area contributed by atoms with Gasteiger partial charge in [-0.25, -0.2) is 17.7 Å². The molecule has 0 aliphatic rings. The number of fused-ring (bicyclic) bond motifs is 1. The van der Waals surface area contributed by atoms with E-state index in [4.69, 9.17) is 0 Å². The van der Waals surface area contributed by atoms with Crippen molar-refractivity contribution in [3.63, 3.8) is 0 Å². The van der Waals surface area contributed by atoms with Gasteiger partial charge in [0.25, 0.3) is 0 Å². The average Bonchev–Trinajstić information content (AvgIpc) is 3.09. The molecule has 0 saturated carbocycles. The maximum atomic E-state index is 12.7. The fourth-order valence-electron chi connectivity index (χ4n) is 3.16. The van der Waals surface area contributed by atoms with Gasteiger partial charge >= 0.3 is 0 Å². The van der Waals surface area contributed by atoms with Crippen LogP contribution < -0.4 is 10.2 Å². The largest absolute Gasteiger partial charge is 0.376 e. The molecule has 8 nitrogen and oxygen atoms in total. The molecule has 166 valence electrons. The Morgan fingerprint density at radius 3 is 2.48 bits per heavy atom. The molecule has 3 aromatic rings. The Bertz CT molecular complexity index is 1200. The van der Waals surface area contributed by atoms with Gasteiger partial charge in [0.15, 0.2) is 5.16 Å². The Balaban J connectivity index is 1.81. The van der Waals surface area contributed by atoms with Gasteiger partial charge in [-0.3, -0.25) is 4.79 Å². The summed E-state index contributed by atoms with van der Waals surface area (Å²) in [6, 6.07) is 12.6. The van der Waals surface area contributed by atoms with Crippen LogP contribution in [-0.2, 0) is 21.4 Å². The van der Waals surface area contributed by atoms with Gasteiger partial charge in [0, 0.05) is 34.7 Å². The third-order valence-electron chi connectivity index (χ3n) is 4.77. The second-order valence-corrected chi connectivity index (χ2v) is 10.4. The van der Waals surface area contributed by atoms with Gasteiger partial charge in [-0.15, -0.1) is 0 Å². The number of imidazole rings is 1. The first-order chi connectivity index (χ1) is 14.6. The van der Waals surface area contributed by atoms with Crippen molar-refractivity contribution in [2.24, 2.45) is 0 Å². The Hall–Kier alpha value is -2.56. The van der Waals surface area contributed by atoms with Crippen molar-refractivity contribution in [2.75, 3.05) is 44.2 Å². The van der Waals surface area contributed by atoms with E-state index < -0.39 is 10.0 Å². The zero-order valence-electron chi connectivity index (χ0n) is 18.3. The van der Waals surface area contributed by atoms with Gasteiger partial charge in [0.1, 0.15) is 0 Å². The summed E-state index contributed by atoms with van der Waals surface area (Å²) in [4.78, 5) is 19.3. The van der Waals surface area contributed by atoms with E-state index in [2.05, 4.69) is 14.9 Å². The van der Waals surface area contributed by atoms with Crippen molar-refractivity contribution >= 4 is 50.1 Å². The highest BCUT2D eigenvalue weighted by molar-refractivity contribution is 7.99. The highest BCUT2D eigenvalue weighted by atomic mass is 32.2. The molecule has 1 N–H and O–H groups in total. The molecule has 0 saturated heterocycles. The number of hydrogen-bond acceptors (Lipinski definition) is 6. The van der Waals surface area contributed by atoms with Crippen molar-refractivity contribution in [3.8, 4) is 0 Å². The number of thioether (sulfide) groups is 1. The second-order valence-electron chi connectivity index (χ2n) is 7.33. The summed E-state index contributed by atoms with van der Waals surface area (Å²) in [5.41, 5.74) is 3.09. The lowest BCUT2D eigenvalue weighted by Crippen LogP contribution is -2.23. The van der Waals surface area contributed by atoms with Crippen molar-refractivity contribution in [1.82, 2.24) is 13.9 Å². The molecule has 1 amide bonds. The summed E-state index contributed by atoms with van der Waals surface area (Å²) >= 11 is 1.35. The molecular formula is C21H27N5O3S2. The minimum absolute atomic E-state index is 0.124. The summed E-state index contributed by atoms with van der Waals surface area (Å²) in [6.45, 7) is 2.79. The third-order valence-corrected chi connectivity index (χ3v) is 7.56. The van der Waals surface area contributed by atoms with Gasteiger partial charge in [0.05, 0.1) is 33.1 Å². The van der Waals surface area contributed by atoms with Crippen molar-refractivity contribution in [2.45, 2.75) is 23.5 Å². The molecule has 3 rings (SSSR count). The minimum Gasteiger partial charge on any atom is -0.376 e. The molecule has 0 spiro atoms. The summed E-state index contributed by atoms with van der Waals surface area (Å²) in [5, 5.41) is 3.64. The van der Waals surface area contributed by atoms with Crippen LogP contribution in [-0.4, -0.2) is 62.1 Å². The number of hydrogen-bond donors (Lipinski definition) is 1. The fraction of sp³-hybridized carbons (Fsp3) is 0.333. The molecule has 1 aromatic heterocycles. The molecule has 31 heavy (non-hydrogen) atoms. The number of rotatable bonds is 8. The highest BCUT2D eigenvalue weighted by Crippen LogP contribution is 2.29. The lowest BCUT2D eigenvalue weighted by Gasteiger charge is -2.20. The number of carbonyl (C=O) groups excluding carboxylic acids is 1. The highest BCUT2D eigenvalue weighted by Gasteiger charge is 2.20. The lowest BCUT2D eigenvalue weighted by atomic mass is 10.2. The molecule has 0 aliphatic heterocycles. The van der Waals surface area contributed by atoms with E-state index in [0.29, 0.717) is 5.69 Å². The Labute approximate surface area is 187 Å². The van der Waals surface area contributed by atoms with Crippen LogP contribution in [0, 0.1) is 0 Å². The number of nitrogens with zero attached hydrogens (tertiary/aromatic N) is 4.